The Bertz CT molecular complexity index is 64.7. The first-order valence-electron chi connectivity index (χ1n) is 0.783. The summed E-state index contributed by atoms with van der Waals surface area (Å²) in [7, 11) is -4.64. The van der Waals surface area contributed by atoms with Crippen molar-refractivity contribution in [1.82, 2.24) is 0 Å². The molecule has 0 aromatic carbocycles. The zero-order valence-corrected chi connectivity index (χ0v) is 9.48. The van der Waals surface area contributed by atoms with Gasteiger partial charge in [-0.2, -0.15) is 0 Å². The molecule has 0 amide bonds. The Balaban J connectivity index is -0.0000000133. The standard InChI is InChI=1S/Ba.Cu.H3O4P.2H/c;;1-5(2,3)4;;/h;;(H3,1,2,3,4);;/q+2;;;2*-1. The fourth-order valence-electron chi connectivity index (χ4n) is 0. The van der Waals surface area contributed by atoms with Crippen LogP contribution in [0.1, 0.15) is 2.85 Å². The molecule has 3 N–H and O–H groups in total. The molecule has 0 aliphatic heterocycles. The Morgan fingerprint density at radius 2 is 1.29 bits per heavy atom. The second kappa shape index (κ2) is 6.32. The fraction of sp³-hybridized carbons (Fsp3) is 0. The fourth-order valence-corrected chi connectivity index (χ4v) is 0. The molecule has 0 saturated heterocycles. The summed E-state index contributed by atoms with van der Waals surface area (Å²) in [6.45, 7) is 0. The molecule has 0 saturated carbocycles. The summed E-state index contributed by atoms with van der Waals surface area (Å²) in [6.07, 6.45) is 0. The van der Waals surface area contributed by atoms with Crippen molar-refractivity contribution < 1.29 is 39.2 Å². The predicted octanol–water partition coefficient (Wildman–Crippen LogP) is -1.09. The van der Waals surface area contributed by atoms with E-state index >= 15 is 0 Å². The van der Waals surface area contributed by atoms with Crippen LogP contribution in [0.2, 0.25) is 0 Å². The van der Waals surface area contributed by atoms with Gasteiger partial charge in [0.15, 0.2) is 0 Å². The van der Waals surface area contributed by atoms with Gasteiger partial charge in [-0.15, -0.1) is 0 Å². The van der Waals surface area contributed by atoms with Gasteiger partial charge < -0.3 is 17.5 Å². The van der Waals surface area contributed by atoms with Crippen LogP contribution >= 0.6 is 7.82 Å². The zero-order chi connectivity index (χ0) is 4.50. The molecule has 7 heavy (non-hydrogen) atoms. The van der Waals surface area contributed by atoms with Crippen LogP contribution in [-0.4, -0.2) is 63.6 Å². The molecule has 0 atom stereocenters. The average Bonchev–Trinajstić information content (AvgIpc) is 0.722. The van der Waals surface area contributed by atoms with E-state index in [0.29, 0.717) is 0 Å². The van der Waals surface area contributed by atoms with Gasteiger partial charge in [0, 0.05) is 17.1 Å². The SMILES string of the molecule is O=P(O)(O)O.[Ba+2].[Cu].[H-].[H-]. The summed E-state index contributed by atoms with van der Waals surface area (Å²) in [5, 5.41) is 0. The summed E-state index contributed by atoms with van der Waals surface area (Å²) in [5.74, 6) is 0. The van der Waals surface area contributed by atoms with Gasteiger partial charge in [0.1, 0.15) is 0 Å². The van der Waals surface area contributed by atoms with E-state index in [1.54, 1.807) is 0 Å². The van der Waals surface area contributed by atoms with Crippen molar-refractivity contribution in [3.05, 3.63) is 0 Å². The zero-order valence-electron chi connectivity index (χ0n) is 5.21. The monoisotopic (exact) mass is 301 g/mol. The van der Waals surface area contributed by atoms with Crippen LogP contribution in [0.25, 0.3) is 0 Å². The Morgan fingerprint density at radius 3 is 1.29 bits per heavy atom. The third kappa shape index (κ3) is 65.1. The maximum absolute atomic E-state index is 8.88. The summed E-state index contributed by atoms with van der Waals surface area (Å²) < 4.78 is 8.88. The minimum Gasteiger partial charge on any atom is -1.00 e. The van der Waals surface area contributed by atoms with Crippen molar-refractivity contribution in [2.75, 3.05) is 0 Å². The van der Waals surface area contributed by atoms with Gasteiger partial charge in [-0.3, -0.25) is 0 Å². The van der Waals surface area contributed by atoms with Crippen molar-refractivity contribution in [1.29, 1.82) is 0 Å². The van der Waals surface area contributed by atoms with Gasteiger partial charge in [-0.25, -0.2) is 4.57 Å². The molecule has 47 valence electrons. The maximum Gasteiger partial charge on any atom is 2.00 e. The van der Waals surface area contributed by atoms with Gasteiger partial charge in [-0.1, -0.05) is 0 Å². The molecule has 7 heteroatoms. The molecule has 0 rings (SSSR count). The van der Waals surface area contributed by atoms with Crippen LogP contribution in [0.5, 0.6) is 0 Å². The molecular weight excluding hydrogens is 296 g/mol. The average molecular weight is 301 g/mol. The first-order chi connectivity index (χ1) is 2.00. The Morgan fingerprint density at radius 1 is 1.29 bits per heavy atom. The number of hydrogen-bond acceptors (Lipinski definition) is 1. The van der Waals surface area contributed by atoms with E-state index in [9.17, 15) is 0 Å². The first kappa shape index (κ1) is 16.1. The number of phosphoric acid groups is 1. The molecule has 0 fully saturated rings. The van der Waals surface area contributed by atoms with E-state index in [-0.39, 0.29) is 68.8 Å². The Kier molecular flexibility index (Phi) is 14.5. The maximum atomic E-state index is 8.88. The van der Waals surface area contributed by atoms with Gasteiger partial charge in [0.25, 0.3) is 0 Å². The third-order valence-electron chi connectivity index (χ3n) is 0. The van der Waals surface area contributed by atoms with Crippen molar-refractivity contribution in [2.24, 2.45) is 0 Å². The van der Waals surface area contributed by atoms with Gasteiger partial charge >= 0.3 is 56.7 Å². The summed E-state index contributed by atoms with van der Waals surface area (Å²) in [5.41, 5.74) is 0. The number of hydrogen-bond donors (Lipinski definition) is 3. The van der Waals surface area contributed by atoms with E-state index in [1.807, 2.05) is 0 Å². The molecule has 0 aromatic heterocycles. The van der Waals surface area contributed by atoms with Crippen LogP contribution in [-0.2, 0) is 21.6 Å². The molecule has 1 radical (unpaired) electrons. The molecule has 0 bridgehead atoms. The predicted molar refractivity (Wildman–Crippen MR) is 22.2 cm³/mol. The summed E-state index contributed by atoms with van der Waals surface area (Å²) in [6, 6.07) is 0. The molecule has 0 aromatic rings. The normalized spacial score (nSPS) is 8.43. The van der Waals surface area contributed by atoms with E-state index in [1.165, 1.54) is 0 Å². The topological polar surface area (TPSA) is 77.8 Å². The minimum atomic E-state index is -4.64. The van der Waals surface area contributed by atoms with E-state index in [2.05, 4.69) is 0 Å². The van der Waals surface area contributed by atoms with Crippen LogP contribution in [0.3, 0.4) is 0 Å². The van der Waals surface area contributed by atoms with Crippen molar-refractivity contribution in [3.63, 3.8) is 0 Å². The smallest absolute Gasteiger partial charge is 1.00 e. The summed E-state index contributed by atoms with van der Waals surface area (Å²) in [4.78, 5) is 21.6. The molecule has 0 unspecified atom stereocenters. The molecule has 0 spiro atoms. The van der Waals surface area contributed by atoms with E-state index in [0.717, 1.165) is 0 Å². The molecule has 0 aliphatic carbocycles. The van der Waals surface area contributed by atoms with E-state index < -0.39 is 7.82 Å². The first-order valence-corrected chi connectivity index (χ1v) is 2.35. The van der Waals surface area contributed by atoms with Crippen LogP contribution in [0, 0.1) is 0 Å². The van der Waals surface area contributed by atoms with Gasteiger partial charge in [-0.05, 0) is 0 Å². The minimum absolute atomic E-state index is 0. The van der Waals surface area contributed by atoms with Gasteiger partial charge in [0.2, 0.25) is 0 Å². The second-order valence-electron chi connectivity index (χ2n) is 0.513. The Hall–Kier alpha value is 2.20. The molecule has 4 nitrogen and oxygen atoms in total. The third-order valence-corrected chi connectivity index (χ3v) is 0. The largest absolute Gasteiger partial charge is 2.00 e. The molecular formula is H5BaCuO4P. The molecule has 0 aliphatic rings. The molecule has 0 heterocycles. The summed E-state index contributed by atoms with van der Waals surface area (Å²) >= 11 is 0. The van der Waals surface area contributed by atoms with E-state index in [4.69, 9.17) is 19.2 Å². The van der Waals surface area contributed by atoms with Gasteiger partial charge in [0.05, 0.1) is 0 Å². The van der Waals surface area contributed by atoms with Crippen LogP contribution < -0.4 is 0 Å². The second-order valence-corrected chi connectivity index (χ2v) is 1.54. The quantitative estimate of drug-likeness (QED) is 0.393. The van der Waals surface area contributed by atoms with Crippen molar-refractivity contribution in [2.45, 2.75) is 0 Å². The van der Waals surface area contributed by atoms with Crippen LogP contribution in [0.15, 0.2) is 0 Å². The number of rotatable bonds is 0. The Labute approximate surface area is 94.4 Å². The van der Waals surface area contributed by atoms with Crippen molar-refractivity contribution in [3.8, 4) is 0 Å². The van der Waals surface area contributed by atoms with Crippen molar-refractivity contribution >= 4 is 56.7 Å². The van der Waals surface area contributed by atoms with Crippen LogP contribution in [0.4, 0.5) is 0 Å².